The second-order valence-electron chi connectivity index (χ2n) is 9.29. The molecule has 14 heteroatoms. The summed E-state index contributed by atoms with van der Waals surface area (Å²) in [6.45, 7) is 5.88. The Balaban J connectivity index is 1.77. The Bertz CT molecular complexity index is 725. The molecule has 210 valence electrons. The van der Waals surface area contributed by atoms with E-state index in [4.69, 9.17) is 37.9 Å². The van der Waals surface area contributed by atoms with E-state index in [1.54, 1.807) is 6.92 Å². The van der Waals surface area contributed by atoms with Gasteiger partial charge in [-0.3, -0.25) is 4.79 Å². The van der Waals surface area contributed by atoms with Crippen LogP contribution in [0.4, 0.5) is 0 Å². The molecular weight excluding hydrogens is 488 g/mol. The average Bonchev–Trinajstić information content (AvgIpc) is 2.82. The molecule has 3 rings (SSSR count). The molecule has 1 unspecified atom stereocenters. The van der Waals surface area contributed by atoms with Crippen LogP contribution in [0.2, 0.25) is 0 Å². The zero-order chi connectivity index (χ0) is 26.9. The molecule has 5 N–H and O–H groups in total. The number of hydrogen-bond acceptors (Lipinski definition) is 14. The highest BCUT2D eigenvalue weighted by Crippen LogP contribution is 2.33. The van der Waals surface area contributed by atoms with Crippen LogP contribution in [0.1, 0.15) is 27.7 Å². The van der Waals surface area contributed by atoms with Crippen LogP contribution in [-0.4, -0.2) is 138 Å². The van der Waals surface area contributed by atoms with Gasteiger partial charge < -0.3 is 63.4 Å². The van der Waals surface area contributed by atoms with Gasteiger partial charge in [-0.1, -0.05) is 0 Å². The maximum Gasteiger partial charge on any atom is 0.303 e. The zero-order valence-corrected chi connectivity index (χ0v) is 21.1. The van der Waals surface area contributed by atoms with E-state index in [1.807, 2.05) is 0 Å². The van der Waals surface area contributed by atoms with E-state index in [0.717, 1.165) is 0 Å². The Kier molecular flexibility index (Phi) is 10.0. The van der Waals surface area contributed by atoms with Gasteiger partial charge in [0.25, 0.3) is 0 Å². The summed E-state index contributed by atoms with van der Waals surface area (Å²) in [7, 11) is 2.78. The lowest BCUT2D eigenvalue weighted by molar-refractivity contribution is -0.378. The molecule has 0 aromatic carbocycles. The van der Waals surface area contributed by atoms with Crippen molar-refractivity contribution in [3.63, 3.8) is 0 Å². The Morgan fingerprint density at radius 2 is 1.17 bits per heavy atom. The van der Waals surface area contributed by atoms with Crippen molar-refractivity contribution < 1.29 is 68.2 Å². The van der Waals surface area contributed by atoms with Crippen LogP contribution < -0.4 is 0 Å². The molecule has 0 aliphatic carbocycles. The maximum absolute atomic E-state index is 11.6. The van der Waals surface area contributed by atoms with Gasteiger partial charge in [0, 0.05) is 21.1 Å². The summed E-state index contributed by atoms with van der Waals surface area (Å²) in [5.74, 6) is -0.536. The van der Waals surface area contributed by atoms with Gasteiger partial charge in [-0.2, -0.15) is 0 Å². The smallest absolute Gasteiger partial charge is 0.303 e. The number of ether oxygens (including phenoxy) is 8. The van der Waals surface area contributed by atoms with Gasteiger partial charge in [0.1, 0.15) is 48.8 Å². The lowest BCUT2D eigenvalue weighted by atomic mass is 9.96. The van der Waals surface area contributed by atoms with Crippen molar-refractivity contribution >= 4 is 5.97 Å². The Morgan fingerprint density at radius 3 is 1.75 bits per heavy atom. The van der Waals surface area contributed by atoms with Gasteiger partial charge in [-0.05, 0) is 20.8 Å². The summed E-state index contributed by atoms with van der Waals surface area (Å²) >= 11 is 0. The molecular formula is C22H38O14. The van der Waals surface area contributed by atoms with Crippen molar-refractivity contribution in [1.29, 1.82) is 0 Å². The predicted molar refractivity (Wildman–Crippen MR) is 116 cm³/mol. The number of rotatable bonds is 7. The standard InChI is InChI=1S/C22H38O14/c1-7-11(24)13(26)17(20(28)31-7)36-21-14(27)16(12(25)8(2)32-21)35-22-19(30-6)18(29-5)15(9(3)33-22)34-10(4)23/h7-9,11-22,24-28H,1-6H3/t7-,8-,9-,11+,12-,13+,14+,15+,16+,17+,18+,19-,20?,21-,22-/m0/s1. The monoisotopic (exact) mass is 526 g/mol. The number of aliphatic hydroxyl groups excluding tert-OH is 5. The summed E-state index contributed by atoms with van der Waals surface area (Å²) in [6.07, 6.45) is -17.9. The summed E-state index contributed by atoms with van der Waals surface area (Å²) < 4.78 is 44.5. The fraction of sp³-hybridized carbons (Fsp3) is 0.955. The van der Waals surface area contributed by atoms with Crippen molar-refractivity contribution in [3.8, 4) is 0 Å². The first-order valence-electron chi connectivity index (χ1n) is 11.8. The molecule has 15 atom stereocenters. The summed E-state index contributed by atoms with van der Waals surface area (Å²) in [4.78, 5) is 11.6. The fourth-order valence-electron chi connectivity index (χ4n) is 4.70. The third-order valence-electron chi connectivity index (χ3n) is 6.74. The Morgan fingerprint density at radius 1 is 0.611 bits per heavy atom. The highest BCUT2D eigenvalue weighted by Gasteiger charge is 2.53. The van der Waals surface area contributed by atoms with Gasteiger partial charge >= 0.3 is 5.97 Å². The summed E-state index contributed by atoms with van der Waals surface area (Å²) in [5, 5.41) is 52.4. The third kappa shape index (κ3) is 6.00. The van der Waals surface area contributed by atoms with Crippen molar-refractivity contribution in [2.24, 2.45) is 0 Å². The minimum atomic E-state index is -1.63. The minimum Gasteiger partial charge on any atom is -0.457 e. The molecule has 0 radical (unpaired) electrons. The van der Waals surface area contributed by atoms with Gasteiger partial charge in [-0.25, -0.2) is 0 Å². The number of esters is 1. The molecule has 3 aliphatic heterocycles. The van der Waals surface area contributed by atoms with Crippen LogP contribution in [0.5, 0.6) is 0 Å². The number of carbonyl (C=O) groups is 1. The normalized spacial score (nSPS) is 50.0. The number of carbonyl (C=O) groups excluding carboxylic acids is 1. The van der Waals surface area contributed by atoms with Crippen molar-refractivity contribution in [2.75, 3.05) is 14.2 Å². The van der Waals surface area contributed by atoms with Gasteiger partial charge in [0.05, 0.1) is 18.3 Å². The van der Waals surface area contributed by atoms with E-state index < -0.39 is 98.1 Å². The van der Waals surface area contributed by atoms with Crippen molar-refractivity contribution in [2.45, 2.75) is 120 Å². The molecule has 3 fully saturated rings. The third-order valence-corrected chi connectivity index (χ3v) is 6.74. The molecule has 0 aromatic rings. The molecule has 3 aliphatic rings. The van der Waals surface area contributed by atoms with Crippen molar-refractivity contribution in [1.82, 2.24) is 0 Å². The van der Waals surface area contributed by atoms with Crippen LogP contribution in [0.3, 0.4) is 0 Å². The first-order chi connectivity index (χ1) is 16.9. The van der Waals surface area contributed by atoms with Gasteiger partial charge in [-0.15, -0.1) is 0 Å². The fourth-order valence-corrected chi connectivity index (χ4v) is 4.70. The van der Waals surface area contributed by atoms with E-state index in [9.17, 15) is 30.3 Å². The van der Waals surface area contributed by atoms with Gasteiger partial charge in [0.2, 0.25) is 0 Å². The first-order valence-corrected chi connectivity index (χ1v) is 11.8. The summed E-state index contributed by atoms with van der Waals surface area (Å²) in [5.41, 5.74) is 0. The molecule has 0 saturated carbocycles. The van der Waals surface area contributed by atoms with Crippen molar-refractivity contribution in [3.05, 3.63) is 0 Å². The number of methoxy groups -OCH3 is 2. The summed E-state index contributed by atoms with van der Waals surface area (Å²) in [6, 6.07) is 0. The first kappa shape index (κ1) is 29.5. The van der Waals surface area contributed by atoms with E-state index in [-0.39, 0.29) is 0 Å². The predicted octanol–water partition coefficient (Wildman–Crippen LogP) is -2.61. The SMILES string of the molecule is CO[C@H]1[C@H](OC)[C@H](O[C@@H]2[C@@H](O)[C@H](C)O[C@@H](O[C@H]3C(O)O[C@@H](C)[C@@H](O)[C@H]3O)[C@@H]2O)O[C@@H](C)[C@H]1OC(C)=O. The second-order valence-corrected chi connectivity index (χ2v) is 9.29. The van der Waals surface area contributed by atoms with Crippen LogP contribution >= 0.6 is 0 Å². The molecule has 3 heterocycles. The van der Waals surface area contributed by atoms with Crippen LogP contribution in [0.15, 0.2) is 0 Å². The number of aliphatic hydroxyl groups is 5. The van der Waals surface area contributed by atoms with Crippen LogP contribution in [-0.2, 0) is 42.7 Å². The second kappa shape index (κ2) is 12.2. The topological polar surface area (TPSA) is 192 Å². The average molecular weight is 527 g/mol. The molecule has 0 spiro atoms. The molecule has 36 heavy (non-hydrogen) atoms. The maximum atomic E-state index is 11.6. The van der Waals surface area contributed by atoms with Crippen LogP contribution in [0, 0.1) is 0 Å². The zero-order valence-electron chi connectivity index (χ0n) is 21.1. The van der Waals surface area contributed by atoms with Gasteiger partial charge in [0.15, 0.2) is 25.0 Å². The molecule has 0 amide bonds. The molecule has 0 aromatic heterocycles. The number of hydrogen-bond donors (Lipinski definition) is 5. The van der Waals surface area contributed by atoms with E-state index in [1.165, 1.54) is 35.0 Å². The highest BCUT2D eigenvalue weighted by molar-refractivity contribution is 5.66. The largest absolute Gasteiger partial charge is 0.457 e. The molecule has 3 saturated heterocycles. The molecule has 14 nitrogen and oxygen atoms in total. The molecule has 0 bridgehead atoms. The Labute approximate surface area is 208 Å². The Hall–Kier alpha value is -1.01. The highest BCUT2D eigenvalue weighted by atomic mass is 16.8. The van der Waals surface area contributed by atoms with E-state index in [0.29, 0.717) is 0 Å². The quantitative estimate of drug-likeness (QED) is 0.217. The van der Waals surface area contributed by atoms with Crippen LogP contribution in [0.25, 0.3) is 0 Å². The lowest BCUT2D eigenvalue weighted by Crippen LogP contribution is -2.65. The van der Waals surface area contributed by atoms with E-state index >= 15 is 0 Å². The minimum absolute atomic E-state index is 0.536. The lowest BCUT2D eigenvalue weighted by Gasteiger charge is -2.48. The van der Waals surface area contributed by atoms with E-state index in [2.05, 4.69) is 0 Å².